The zero-order valence-corrected chi connectivity index (χ0v) is 7.63. The molecule has 66 valence electrons. The molecular formula is C9H13NO2. The Morgan fingerprint density at radius 2 is 2.33 bits per heavy atom. The van der Waals surface area contributed by atoms with Crippen molar-refractivity contribution < 1.29 is 9.25 Å². The molecular weight excluding hydrogens is 154 g/mol. The molecule has 0 spiro atoms. The third kappa shape index (κ3) is 1.51. The summed E-state index contributed by atoms with van der Waals surface area (Å²) in [6, 6.07) is 1.87. The highest BCUT2D eigenvalue weighted by Gasteiger charge is 2.08. The fourth-order valence-electron chi connectivity index (χ4n) is 0.964. The van der Waals surface area contributed by atoms with Gasteiger partial charge in [-0.15, -0.1) is 0 Å². The van der Waals surface area contributed by atoms with Crippen LogP contribution in [-0.2, 0) is 4.84 Å². The molecule has 0 unspecified atom stereocenters. The van der Waals surface area contributed by atoms with Gasteiger partial charge in [0, 0.05) is 12.6 Å². The summed E-state index contributed by atoms with van der Waals surface area (Å²) in [6.45, 7) is 5.76. The summed E-state index contributed by atoms with van der Waals surface area (Å²) in [5, 5.41) is 1.60. The minimum Gasteiger partial charge on any atom is -0.469 e. The maximum Gasteiger partial charge on any atom is 0.110 e. The van der Waals surface area contributed by atoms with Crippen molar-refractivity contribution in [3.63, 3.8) is 0 Å². The van der Waals surface area contributed by atoms with E-state index in [4.69, 9.17) is 9.25 Å². The van der Waals surface area contributed by atoms with Crippen LogP contribution in [0.4, 0.5) is 0 Å². The lowest BCUT2D eigenvalue weighted by atomic mass is 10.2. The summed E-state index contributed by atoms with van der Waals surface area (Å²) in [5.41, 5.74) is 1.77. The molecule has 0 aliphatic carbocycles. The predicted molar refractivity (Wildman–Crippen MR) is 47.3 cm³/mol. The smallest absolute Gasteiger partial charge is 0.110 e. The first kappa shape index (κ1) is 8.87. The van der Waals surface area contributed by atoms with E-state index in [1.807, 2.05) is 13.0 Å². The number of hydrogen-bond acceptors (Lipinski definition) is 3. The van der Waals surface area contributed by atoms with Crippen LogP contribution in [-0.4, -0.2) is 19.2 Å². The van der Waals surface area contributed by atoms with Crippen molar-refractivity contribution in [1.29, 1.82) is 0 Å². The molecule has 12 heavy (non-hydrogen) atoms. The van der Waals surface area contributed by atoms with Crippen molar-refractivity contribution in [2.75, 3.05) is 14.2 Å². The van der Waals surface area contributed by atoms with E-state index in [0.29, 0.717) is 0 Å². The van der Waals surface area contributed by atoms with Gasteiger partial charge in [-0.3, -0.25) is 9.90 Å². The van der Waals surface area contributed by atoms with Gasteiger partial charge in [-0.25, -0.2) is 0 Å². The maximum absolute atomic E-state index is 5.14. The Morgan fingerprint density at radius 3 is 2.75 bits per heavy atom. The summed E-state index contributed by atoms with van der Waals surface area (Å²) < 4.78 is 5.14. The standard InChI is InChI=1S/C9H13NO2/c1-7(10(3)11-4)9-5-6-12-8(9)2/h5-6H,1H2,2-4H3. The number of hydroxylamine groups is 2. The van der Waals surface area contributed by atoms with Crippen LogP contribution in [0.15, 0.2) is 23.3 Å². The molecule has 0 saturated carbocycles. The van der Waals surface area contributed by atoms with Gasteiger partial charge in [-0.2, -0.15) is 0 Å². The normalized spacial score (nSPS) is 9.92. The van der Waals surface area contributed by atoms with Crippen LogP contribution in [0.5, 0.6) is 0 Å². The minimum absolute atomic E-state index is 0.795. The Balaban J connectivity index is 2.85. The Kier molecular flexibility index (Phi) is 2.55. The van der Waals surface area contributed by atoms with Gasteiger partial charge in [0.2, 0.25) is 0 Å². The van der Waals surface area contributed by atoms with Crippen LogP contribution in [0.2, 0.25) is 0 Å². The van der Waals surface area contributed by atoms with E-state index in [1.54, 1.807) is 25.5 Å². The molecule has 1 rings (SSSR count). The molecule has 0 aliphatic rings. The SMILES string of the molecule is C=C(c1ccoc1C)N(C)OC. The van der Waals surface area contributed by atoms with Crippen molar-refractivity contribution in [3.05, 3.63) is 30.2 Å². The molecule has 3 heteroatoms. The van der Waals surface area contributed by atoms with Gasteiger partial charge in [0.05, 0.1) is 19.1 Å². The van der Waals surface area contributed by atoms with Crippen molar-refractivity contribution in [3.8, 4) is 0 Å². The topological polar surface area (TPSA) is 25.6 Å². The third-order valence-electron chi connectivity index (χ3n) is 1.82. The summed E-state index contributed by atoms with van der Waals surface area (Å²) in [6.07, 6.45) is 1.64. The van der Waals surface area contributed by atoms with E-state index in [1.165, 1.54) is 0 Å². The zero-order chi connectivity index (χ0) is 9.14. The molecule has 0 saturated heterocycles. The largest absolute Gasteiger partial charge is 0.469 e. The first-order valence-corrected chi connectivity index (χ1v) is 3.68. The Morgan fingerprint density at radius 1 is 1.67 bits per heavy atom. The van der Waals surface area contributed by atoms with E-state index in [-0.39, 0.29) is 0 Å². The lowest BCUT2D eigenvalue weighted by Gasteiger charge is -2.17. The monoisotopic (exact) mass is 167 g/mol. The van der Waals surface area contributed by atoms with E-state index in [9.17, 15) is 0 Å². The first-order valence-electron chi connectivity index (χ1n) is 3.68. The molecule has 0 bridgehead atoms. The van der Waals surface area contributed by atoms with Gasteiger partial charge < -0.3 is 4.42 Å². The molecule has 3 nitrogen and oxygen atoms in total. The second-order valence-electron chi connectivity index (χ2n) is 2.52. The lowest BCUT2D eigenvalue weighted by molar-refractivity contribution is -0.0525. The fraction of sp³-hybridized carbons (Fsp3) is 0.333. The highest BCUT2D eigenvalue weighted by Crippen LogP contribution is 2.20. The molecule has 0 fully saturated rings. The second-order valence-corrected chi connectivity index (χ2v) is 2.52. The lowest BCUT2D eigenvalue weighted by Crippen LogP contribution is -2.13. The number of furan rings is 1. The number of nitrogens with zero attached hydrogens (tertiary/aromatic N) is 1. The van der Waals surface area contributed by atoms with Crippen LogP contribution in [0.1, 0.15) is 11.3 Å². The molecule has 0 radical (unpaired) electrons. The Hall–Kier alpha value is -1.22. The van der Waals surface area contributed by atoms with Gasteiger partial charge in [-0.05, 0) is 13.0 Å². The fourth-order valence-corrected chi connectivity index (χ4v) is 0.964. The molecule has 0 amide bonds. The van der Waals surface area contributed by atoms with Crippen molar-refractivity contribution in [1.82, 2.24) is 5.06 Å². The van der Waals surface area contributed by atoms with Gasteiger partial charge in [-0.1, -0.05) is 6.58 Å². The zero-order valence-electron chi connectivity index (χ0n) is 7.63. The molecule has 1 aromatic heterocycles. The second kappa shape index (κ2) is 3.45. The average molecular weight is 167 g/mol. The minimum atomic E-state index is 0.795. The maximum atomic E-state index is 5.14. The van der Waals surface area contributed by atoms with Crippen LogP contribution in [0, 0.1) is 6.92 Å². The highest BCUT2D eigenvalue weighted by atomic mass is 16.7. The van der Waals surface area contributed by atoms with Gasteiger partial charge in [0.25, 0.3) is 0 Å². The summed E-state index contributed by atoms with van der Waals surface area (Å²) in [5.74, 6) is 0.851. The third-order valence-corrected chi connectivity index (χ3v) is 1.82. The van der Waals surface area contributed by atoms with E-state index < -0.39 is 0 Å². The van der Waals surface area contributed by atoms with Crippen molar-refractivity contribution >= 4 is 5.70 Å². The number of rotatable bonds is 3. The molecule has 0 aromatic carbocycles. The summed E-state index contributed by atoms with van der Waals surface area (Å²) >= 11 is 0. The van der Waals surface area contributed by atoms with Crippen LogP contribution in [0.25, 0.3) is 5.70 Å². The van der Waals surface area contributed by atoms with Crippen LogP contribution >= 0.6 is 0 Å². The van der Waals surface area contributed by atoms with E-state index >= 15 is 0 Å². The quantitative estimate of drug-likeness (QED) is 0.644. The molecule has 0 atom stereocenters. The van der Waals surface area contributed by atoms with Crippen molar-refractivity contribution in [2.45, 2.75) is 6.92 Å². The van der Waals surface area contributed by atoms with Gasteiger partial charge >= 0.3 is 0 Å². The molecule has 0 N–H and O–H groups in total. The summed E-state index contributed by atoms with van der Waals surface area (Å²) in [4.78, 5) is 4.98. The molecule has 0 aliphatic heterocycles. The van der Waals surface area contributed by atoms with Gasteiger partial charge in [0.1, 0.15) is 5.76 Å². The summed E-state index contributed by atoms with van der Waals surface area (Å²) in [7, 11) is 3.40. The predicted octanol–water partition coefficient (Wildman–Crippen LogP) is 2.05. The number of aryl methyl sites for hydroxylation is 1. The Bertz CT molecular complexity index is 278. The van der Waals surface area contributed by atoms with Crippen LogP contribution in [0.3, 0.4) is 0 Å². The highest BCUT2D eigenvalue weighted by molar-refractivity contribution is 5.62. The average Bonchev–Trinajstić information content (AvgIpc) is 2.48. The molecule has 1 heterocycles. The van der Waals surface area contributed by atoms with Crippen molar-refractivity contribution in [2.24, 2.45) is 0 Å². The number of hydrogen-bond donors (Lipinski definition) is 0. The van der Waals surface area contributed by atoms with E-state index in [2.05, 4.69) is 6.58 Å². The van der Waals surface area contributed by atoms with Gasteiger partial charge in [0.15, 0.2) is 0 Å². The molecule has 1 aromatic rings. The van der Waals surface area contributed by atoms with E-state index in [0.717, 1.165) is 17.0 Å². The Labute approximate surface area is 72.2 Å². The first-order chi connectivity index (χ1) is 5.66. The van der Waals surface area contributed by atoms with Crippen LogP contribution < -0.4 is 0 Å².